The second-order valence-corrected chi connectivity index (χ2v) is 7.29. The molecule has 0 saturated carbocycles. The second kappa shape index (κ2) is 9.04. The summed E-state index contributed by atoms with van der Waals surface area (Å²) in [5.41, 5.74) is 0. The number of piperidine rings is 1. The summed E-state index contributed by atoms with van der Waals surface area (Å²) in [6, 6.07) is 0. The molecule has 0 aromatic carbocycles. The van der Waals surface area contributed by atoms with E-state index in [1.165, 1.54) is 90.6 Å². The molecule has 0 radical (unpaired) electrons. The Morgan fingerprint density at radius 1 is 0.850 bits per heavy atom. The Kier molecular flexibility index (Phi) is 7.37. The first-order valence-corrected chi connectivity index (χ1v) is 9.22. The molecule has 0 aliphatic carbocycles. The molecule has 0 amide bonds. The van der Waals surface area contributed by atoms with E-state index in [1.54, 1.807) is 0 Å². The van der Waals surface area contributed by atoms with Crippen molar-refractivity contribution >= 4 is 0 Å². The van der Waals surface area contributed by atoms with Crippen molar-refractivity contribution in [1.82, 2.24) is 9.80 Å². The van der Waals surface area contributed by atoms with Gasteiger partial charge in [-0.2, -0.15) is 0 Å². The van der Waals surface area contributed by atoms with Gasteiger partial charge in [0.15, 0.2) is 0 Å². The summed E-state index contributed by atoms with van der Waals surface area (Å²) >= 11 is 0. The van der Waals surface area contributed by atoms with Gasteiger partial charge in [0, 0.05) is 13.1 Å². The zero-order valence-corrected chi connectivity index (χ0v) is 13.9. The van der Waals surface area contributed by atoms with Gasteiger partial charge in [-0.05, 0) is 76.5 Å². The van der Waals surface area contributed by atoms with E-state index in [-0.39, 0.29) is 0 Å². The van der Waals surface area contributed by atoms with Gasteiger partial charge in [-0.1, -0.05) is 26.7 Å². The van der Waals surface area contributed by atoms with Crippen molar-refractivity contribution in [3.63, 3.8) is 0 Å². The minimum atomic E-state index is 0.930. The molecule has 2 fully saturated rings. The summed E-state index contributed by atoms with van der Waals surface area (Å²) < 4.78 is 0. The largest absolute Gasteiger partial charge is 0.302 e. The van der Waals surface area contributed by atoms with Crippen LogP contribution in [0.3, 0.4) is 0 Å². The molecule has 2 heterocycles. The van der Waals surface area contributed by atoms with Gasteiger partial charge in [0.1, 0.15) is 0 Å². The maximum atomic E-state index is 2.74. The highest BCUT2D eigenvalue weighted by Gasteiger charge is 2.19. The molecule has 0 aromatic heterocycles. The van der Waals surface area contributed by atoms with Gasteiger partial charge in [0.25, 0.3) is 0 Å². The first-order chi connectivity index (χ1) is 9.78. The lowest BCUT2D eigenvalue weighted by atomic mass is 9.89. The van der Waals surface area contributed by atoms with Gasteiger partial charge >= 0.3 is 0 Å². The van der Waals surface area contributed by atoms with Crippen molar-refractivity contribution in [3.8, 4) is 0 Å². The molecule has 2 unspecified atom stereocenters. The van der Waals surface area contributed by atoms with Crippen LogP contribution in [0.1, 0.15) is 65.2 Å². The number of nitrogens with zero attached hydrogens (tertiary/aromatic N) is 2. The average molecular weight is 280 g/mol. The Morgan fingerprint density at radius 2 is 1.50 bits per heavy atom. The Morgan fingerprint density at radius 3 is 2.20 bits per heavy atom. The van der Waals surface area contributed by atoms with E-state index in [0.717, 1.165) is 11.8 Å². The summed E-state index contributed by atoms with van der Waals surface area (Å²) in [4.78, 5) is 5.43. The molecule has 2 rings (SSSR count). The van der Waals surface area contributed by atoms with E-state index in [2.05, 4.69) is 23.6 Å². The van der Waals surface area contributed by atoms with Crippen LogP contribution >= 0.6 is 0 Å². The van der Waals surface area contributed by atoms with E-state index in [0.29, 0.717) is 0 Å². The standard InChI is InChI=1S/C18H36N2/c1-3-17(2)16-18-8-7-12-20(13-9-18)15-14-19-10-5-4-6-11-19/h17-18H,3-16H2,1-2H3. The highest BCUT2D eigenvalue weighted by Crippen LogP contribution is 2.25. The molecule has 0 N–H and O–H groups in total. The van der Waals surface area contributed by atoms with E-state index in [9.17, 15) is 0 Å². The highest BCUT2D eigenvalue weighted by molar-refractivity contribution is 4.73. The van der Waals surface area contributed by atoms with Crippen molar-refractivity contribution in [3.05, 3.63) is 0 Å². The van der Waals surface area contributed by atoms with Crippen LogP contribution in [0.4, 0.5) is 0 Å². The van der Waals surface area contributed by atoms with Crippen LogP contribution < -0.4 is 0 Å². The molecule has 2 heteroatoms. The summed E-state index contributed by atoms with van der Waals surface area (Å²) in [6.07, 6.45) is 11.5. The second-order valence-electron chi connectivity index (χ2n) is 7.29. The summed E-state index contributed by atoms with van der Waals surface area (Å²) in [5, 5.41) is 0. The van der Waals surface area contributed by atoms with Crippen LogP contribution in [0.5, 0.6) is 0 Å². The lowest BCUT2D eigenvalue weighted by Crippen LogP contribution is -2.38. The van der Waals surface area contributed by atoms with E-state index >= 15 is 0 Å². The summed E-state index contributed by atoms with van der Waals surface area (Å²) in [7, 11) is 0. The van der Waals surface area contributed by atoms with Gasteiger partial charge in [0.2, 0.25) is 0 Å². The lowest BCUT2D eigenvalue weighted by molar-refractivity contribution is 0.183. The number of hydrogen-bond donors (Lipinski definition) is 0. The van der Waals surface area contributed by atoms with Crippen molar-refractivity contribution in [2.24, 2.45) is 11.8 Å². The van der Waals surface area contributed by atoms with Crippen LogP contribution in [0.25, 0.3) is 0 Å². The summed E-state index contributed by atoms with van der Waals surface area (Å²) in [6.45, 7) is 12.8. The smallest absolute Gasteiger partial charge is 0.0109 e. The average Bonchev–Trinajstić information content (AvgIpc) is 2.71. The van der Waals surface area contributed by atoms with Crippen LogP contribution in [-0.2, 0) is 0 Å². The van der Waals surface area contributed by atoms with Crippen LogP contribution in [0.15, 0.2) is 0 Å². The molecular formula is C18H36N2. The quantitative estimate of drug-likeness (QED) is 0.725. The Hall–Kier alpha value is -0.0800. The minimum absolute atomic E-state index is 0.930. The Bertz CT molecular complexity index is 248. The molecule has 0 bridgehead atoms. The molecule has 0 spiro atoms. The molecule has 2 atom stereocenters. The molecule has 20 heavy (non-hydrogen) atoms. The minimum Gasteiger partial charge on any atom is -0.302 e. The van der Waals surface area contributed by atoms with Gasteiger partial charge < -0.3 is 9.80 Å². The van der Waals surface area contributed by atoms with Gasteiger partial charge in [-0.25, -0.2) is 0 Å². The van der Waals surface area contributed by atoms with Crippen molar-refractivity contribution < 1.29 is 0 Å². The topological polar surface area (TPSA) is 6.48 Å². The maximum Gasteiger partial charge on any atom is 0.0109 e. The zero-order valence-electron chi connectivity index (χ0n) is 13.9. The third-order valence-corrected chi connectivity index (χ3v) is 5.55. The first kappa shape index (κ1) is 16.3. The van der Waals surface area contributed by atoms with Gasteiger partial charge in [-0.3, -0.25) is 0 Å². The van der Waals surface area contributed by atoms with Crippen molar-refractivity contribution in [1.29, 1.82) is 0 Å². The van der Waals surface area contributed by atoms with E-state index in [4.69, 9.17) is 0 Å². The monoisotopic (exact) mass is 280 g/mol. The predicted molar refractivity (Wildman–Crippen MR) is 88.1 cm³/mol. The van der Waals surface area contributed by atoms with Gasteiger partial charge in [-0.15, -0.1) is 0 Å². The number of rotatable bonds is 6. The molecule has 2 aliphatic heterocycles. The molecule has 2 nitrogen and oxygen atoms in total. The van der Waals surface area contributed by atoms with Crippen molar-refractivity contribution in [2.75, 3.05) is 39.3 Å². The number of likely N-dealkylation sites (tertiary alicyclic amines) is 2. The first-order valence-electron chi connectivity index (χ1n) is 9.22. The molecule has 118 valence electrons. The van der Waals surface area contributed by atoms with E-state index < -0.39 is 0 Å². The fraction of sp³-hybridized carbons (Fsp3) is 1.00. The third kappa shape index (κ3) is 5.73. The Balaban J connectivity index is 1.64. The SMILES string of the molecule is CCC(C)CC1CCCN(CCN2CCCCC2)CC1. The molecular weight excluding hydrogens is 244 g/mol. The van der Waals surface area contributed by atoms with Crippen LogP contribution in [0, 0.1) is 11.8 Å². The van der Waals surface area contributed by atoms with Crippen molar-refractivity contribution in [2.45, 2.75) is 65.2 Å². The zero-order chi connectivity index (χ0) is 14.2. The third-order valence-electron chi connectivity index (χ3n) is 5.55. The maximum absolute atomic E-state index is 2.74. The van der Waals surface area contributed by atoms with Crippen LogP contribution in [-0.4, -0.2) is 49.1 Å². The highest BCUT2D eigenvalue weighted by atomic mass is 15.2. The normalized spacial score (nSPS) is 28.2. The summed E-state index contributed by atoms with van der Waals surface area (Å²) in [5.74, 6) is 1.94. The molecule has 0 aromatic rings. The molecule has 2 saturated heterocycles. The number of hydrogen-bond acceptors (Lipinski definition) is 2. The fourth-order valence-electron chi connectivity index (χ4n) is 3.89. The van der Waals surface area contributed by atoms with E-state index in [1.807, 2.05) is 0 Å². The van der Waals surface area contributed by atoms with Gasteiger partial charge in [0.05, 0.1) is 0 Å². The fourth-order valence-corrected chi connectivity index (χ4v) is 3.89. The predicted octanol–water partition coefficient (Wildman–Crippen LogP) is 4.01. The lowest BCUT2D eigenvalue weighted by Gasteiger charge is -2.29. The molecule has 2 aliphatic rings. The van der Waals surface area contributed by atoms with Crippen LogP contribution in [0.2, 0.25) is 0 Å². The Labute approximate surface area is 126 Å².